The Balaban J connectivity index is 1.62. The Bertz CT molecular complexity index is 796. The molecule has 0 heterocycles. The third-order valence-electron chi connectivity index (χ3n) is 5.44. The molecule has 0 amide bonds. The van der Waals surface area contributed by atoms with Crippen LogP contribution in [0.2, 0.25) is 0 Å². The Morgan fingerprint density at radius 2 is 1.52 bits per heavy atom. The van der Waals surface area contributed by atoms with Crippen molar-refractivity contribution in [2.75, 3.05) is 0 Å². The molecule has 0 saturated heterocycles. The van der Waals surface area contributed by atoms with E-state index in [9.17, 15) is 13.2 Å². The van der Waals surface area contributed by atoms with Crippen LogP contribution >= 0.6 is 0 Å². The lowest BCUT2D eigenvalue weighted by molar-refractivity contribution is 0.296. The highest BCUT2D eigenvalue weighted by Crippen LogP contribution is 2.31. The maximum absolute atomic E-state index is 13.4. The van der Waals surface area contributed by atoms with Crippen molar-refractivity contribution in [2.45, 2.75) is 51.9 Å². The second kappa shape index (κ2) is 9.13. The summed E-state index contributed by atoms with van der Waals surface area (Å²) in [5, 5.41) is 0. The van der Waals surface area contributed by atoms with Crippen LogP contribution in [0.25, 0.3) is 11.1 Å². The van der Waals surface area contributed by atoms with Crippen LogP contribution in [-0.2, 0) is 0 Å². The van der Waals surface area contributed by atoms with Crippen LogP contribution in [0.4, 0.5) is 13.2 Å². The van der Waals surface area contributed by atoms with Gasteiger partial charge in [-0.1, -0.05) is 50.2 Å². The average molecular weight is 370 g/mol. The lowest BCUT2D eigenvalue weighted by Gasteiger charge is -2.25. The van der Waals surface area contributed by atoms with Crippen molar-refractivity contribution in [3.05, 3.63) is 59.4 Å². The molecule has 2 aromatic rings. The van der Waals surface area contributed by atoms with Gasteiger partial charge in [0.25, 0.3) is 0 Å². The summed E-state index contributed by atoms with van der Waals surface area (Å²) in [5.41, 5.74) is 1.83. The van der Waals surface area contributed by atoms with Gasteiger partial charge in [-0.25, -0.2) is 13.2 Å². The highest BCUT2D eigenvalue weighted by Gasteiger charge is 2.19. The molecule has 0 spiro atoms. The normalized spacial score (nSPS) is 19.4. The molecule has 142 valence electrons. The van der Waals surface area contributed by atoms with Crippen LogP contribution in [0.3, 0.4) is 0 Å². The molecule has 2 aromatic carbocycles. The van der Waals surface area contributed by atoms with Crippen LogP contribution < -0.4 is 0 Å². The zero-order chi connectivity index (χ0) is 19.2. The van der Waals surface area contributed by atoms with Crippen LogP contribution in [-0.4, -0.2) is 0 Å². The fourth-order valence-electron chi connectivity index (χ4n) is 3.74. The largest absolute Gasteiger partial charge is 0.204 e. The molecule has 1 aliphatic rings. The highest BCUT2D eigenvalue weighted by molar-refractivity contribution is 5.64. The second-order valence-corrected chi connectivity index (χ2v) is 7.46. The van der Waals surface area contributed by atoms with Crippen molar-refractivity contribution in [3.8, 4) is 23.0 Å². The van der Waals surface area contributed by atoms with Gasteiger partial charge in [-0.05, 0) is 67.0 Å². The minimum atomic E-state index is -1.44. The summed E-state index contributed by atoms with van der Waals surface area (Å²) in [5.74, 6) is 4.15. The number of unbranched alkanes of at least 4 members (excludes halogenated alkanes) is 1. The van der Waals surface area contributed by atoms with Crippen molar-refractivity contribution in [3.63, 3.8) is 0 Å². The van der Waals surface area contributed by atoms with Crippen LogP contribution in [0, 0.1) is 41.1 Å². The minimum absolute atomic E-state index is 0.316. The van der Waals surface area contributed by atoms with E-state index < -0.39 is 17.5 Å². The van der Waals surface area contributed by atoms with Crippen molar-refractivity contribution in [1.29, 1.82) is 0 Å². The predicted octanol–water partition coefficient (Wildman–Crippen LogP) is 7.12. The van der Waals surface area contributed by atoms with E-state index in [0.717, 1.165) is 23.6 Å². The Labute approximate surface area is 159 Å². The van der Waals surface area contributed by atoms with Crippen LogP contribution in [0.15, 0.2) is 36.4 Å². The first kappa shape index (κ1) is 19.5. The van der Waals surface area contributed by atoms with Crippen LogP contribution in [0.1, 0.15) is 57.4 Å². The third kappa shape index (κ3) is 5.16. The molecule has 0 N–H and O–H groups in total. The van der Waals surface area contributed by atoms with Gasteiger partial charge in [0.15, 0.2) is 17.5 Å². The zero-order valence-corrected chi connectivity index (χ0v) is 15.7. The predicted molar refractivity (Wildman–Crippen MR) is 104 cm³/mol. The second-order valence-electron chi connectivity index (χ2n) is 7.46. The molecule has 0 aliphatic heterocycles. The van der Waals surface area contributed by atoms with E-state index in [1.807, 2.05) is 12.1 Å². The molecule has 0 unspecified atom stereocenters. The van der Waals surface area contributed by atoms with Gasteiger partial charge in [-0.2, -0.15) is 0 Å². The molecule has 3 heteroatoms. The SMILES string of the molecule is CCCCC1CCC(C#Cc2ccc(-c3cc(F)c(F)c(F)c3)cc2)CC1. The first-order chi connectivity index (χ1) is 13.1. The number of hydrogen-bond donors (Lipinski definition) is 0. The highest BCUT2D eigenvalue weighted by atomic mass is 19.2. The van der Waals surface area contributed by atoms with Crippen molar-refractivity contribution < 1.29 is 13.2 Å². The monoisotopic (exact) mass is 370 g/mol. The molecular formula is C24H25F3. The van der Waals surface area contributed by atoms with E-state index in [1.165, 1.54) is 44.9 Å². The van der Waals surface area contributed by atoms with E-state index in [-0.39, 0.29) is 0 Å². The molecule has 1 saturated carbocycles. The molecule has 0 radical (unpaired) electrons. The van der Waals surface area contributed by atoms with Gasteiger partial charge in [-0.3, -0.25) is 0 Å². The van der Waals surface area contributed by atoms with Crippen LogP contribution in [0.5, 0.6) is 0 Å². The summed E-state index contributed by atoms with van der Waals surface area (Å²) < 4.78 is 39.9. The number of hydrogen-bond acceptors (Lipinski definition) is 0. The molecule has 0 aromatic heterocycles. The van der Waals surface area contributed by atoms with Gasteiger partial charge in [0, 0.05) is 11.5 Å². The Kier molecular flexibility index (Phi) is 6.61. The molecule has 1 aliphatic carbocycles. The molecule has 27 heavy (non-hydrogen) atoms. The Hall–Kier alpha value is -2.21. The lowest BCUT2D eigenvalue weighted by Crippen LogP contribution is -2.13. The van der Waals surface area contributed by atoms with E-state index in [2.05, 4.69) is 18.8 Å². The van der Waals surface area contributed by atoms with Gasteiger partial charge < -0.3 is 0 Å². The Morgan fingerprint density at radius 3 is 2.11 bits per heavy atom. The van der Waals surface area contributed by atoms with E-state index in [4.69, 9.17) is 0 Å². The summed E-state index contributed by atoms with van der Waals surface area (Å²) in [7, 11) is 0. The van der Waals surface area contributed by atoms with Crippen molar-refractivity contribution in [1.82, 2.24) is 0 Å². The average Bonchev–Trinajstić information content (AvgIpc) is 2.69. The zero-order valence-electron chi connectivity index (χ0n) is 15.7. The van der Waals surface area contributed by atoms with Crippen molar-refractivity contribution >= 4 is 0 Å². The molecular weight excluding hydrogens is 345 g/mol. The van der Waals surface area contributed by atoms with E-state index >= 15 is 0 Å². The summed E-state index contributed by atoms with van der Waals surface area (Å²) in [4.78, 5) is 0. The number of halogens is 3. The molecule has 3 rings (SSSR count). The number of benzene rings is 2. The van der Waals surface area contributed by atoms with Gasteiger partial charge in [0.1, 0.15) is 0 Å². The first-order valence-electron chi connectivity index (χ1n) is 9.83. The molecule has 0 atom stereocenters. The fourth-order valence-corrected chi connectivity index (χ4v) is 3.74. The maximum atomic E-state index is 13.4. The van der Waals surface area contributed by atoms with Gasteiger partial charge in [0.2, 0.25) is 0 Å². The molecule has 0 bridgehead atoms. The van der Waals surface area contributed by atoms with E-state index in [1.54, 1.807) is 12.1 Å². The molecule has 0 nitrogen and oxygen atoms in total. The Morgan fingerprint density at radius 1 is 0.889 bits per heavy atom. The topological polar surface area (TPSA) is 0 Å². The van der Waals surface area contributed by atoms with Gasteiger partial charge >= 0.3 is 0 Å². The smallest absolute Gasteiger partial charge is 0.194 e. The minimum Gasteiger partial charge on any atom is -0.204 e. The van der Waals surface area contributed by atoms with Crippen molar-refractivity contribution in [2.24, 2.45) is 11.8 Å². The standard InChI is InChI=1S/C24H25F3/c1-2-3-4-17-5-7-18(8-6-17)9-10-19-11-13-20(14-12-19)21-15-22(25)24(27)23(26)16-21/h11-18H,2-8H2,1H3. The quantitative estimate of drug-likeness (QED) is 0.397. The summed E-state index contributed by atoms with van der Waals surface area (Å²) in [6.07, 6.45) is 8.85. The molecule has 1 fully saturated rings. The first-order valence-corrected chi connectivity index (χ1v) is 9.83. The summed E-state index contributed by atoms with van der Waals surface area (Å²) >= 11 is 0. The third-order valence-corrected chi connectivity index (χ3v) is 5.44. The fraction of sp³-hybridized carbons (Fsp3) is 0.417. The summed E-state index contributed by atoms with van der Waals surface area (Å²) in [6, 6.07) is 9.23. The summed E-state index contributed by atoms with van der Waals surface area (Å²) in [6.45, 7) is 2.24. The van der Waals surface area contributed by atoms with Gasteiger partial charge in [-0.15, -0.1) is 0 Å². The van der Waals surface area contributed by atoms with Gasteiger partial charge in [0.05, 0.1) is 0 Å². The van der Waals surface area contributed by atoms with E-state index in [0.29, 0.717) is 17.0 Å². The maximum Gasteiger partial charge on any atom is 0.194 e. The lowest BCUT2D eigenvalue weighted by atomic mass is 9.80. The number of rotatable bonds is 4.